The number of likely N-dealkylation sites (tertiary alicyclic amines) is 1. The maximum atomic E-state index is 13.5. The monoisotopic (exact) mass is 573 g/mol. The van der Waals surface area contributed by atoms with Crippen LogP contribution in [0.4, 0.5) is 10.5 Å². The molecule has 2 aromatic carbocycles. The number of aromatic nitrogens is 2. The predicted molar refractivity (Wildman–Crippen MR) is 163 cm³/mol. The van der Waals surface area contributed by atoms with Gasteiger partial charge in [0.1, 0.15) is 10.9 Å². The lowest BCUT2D eigenvalue weighted by Crippen LogP contribution is -2.47. The van der Waals surface area contributed by atoms with Gasteiger partial charge in [0.2, 0.25) is 0 Å². The second-order valence-electron chi connectivity index (χ2n) is 10.5. The first-order chi connectivity index (χ1) is 19.4. The molecule has 2 aliphatic heterocycles. The number of piperidine rings is 1. The molecule has 6 rings (SSSR count). The number of carbonyl (C=O) groups is 1. The number of anilines is 1. The van der Waals surface area contributed by atoms with Crippen LogP contribution in [0.2, 0.25) is 5.15 Å². The largest absolute Gasteiger partial charge is 0.497 e. The number of hydrogen-bond acceptors (Lipinski definition) is 6. The van der Waals surface area contributed by atoms with Crippen molar-refractivity contribution in [1.82, 2.24) is 20.2 Å². The maximum Gasteiger partial charge on any atom is 0.322 e. The number of hydrogen-bond donors (Lipinski definition) is 1. The summed E-state index contributed by atoms with van der Waals surface area (Å²) in [6.45, 7) is 5.95. The van der Waals surface area contributed by atoms with Gasteiger partial charge in [0.25, 0.3) is 0 Å². The lowest BCUT2D eigenvalue weighted by molar-refractivity contribution is 0.180. The van der Waals surface area contributed by atoms with Crippen molar-refractivity contribution in [2.24, 2.45) is 0 Å². The molecule has 0 aliphatic carbocycles. The van der Waals surface area contributed by atoms with Crippen LogP contribution in [0.3, 0.4) is 0 Å². The third-order valence-electron chi connectivity index (χ3n) is 8.01. The number of pyridine rings is 1. The zero-order valence-electron chi connectivity index (χ0n) is 22.7. The molecule has 4 heterocycles. The normalized spacial score (nSPS) is 16.6. The molecule has 2 aromatic heterocycles. The number of nitrogens with zero attached hydrogens (tertiary/aromatic N) is 4. The number of amides is 2. The molecule has 1 spiro atoms. The number of rotatable bonds is 6. The van der Waals surface area contributed by atoms with Gasteiger partial charge in [-0.1, -0.05) is 35.9 Å². The Morgan fingerprint density at radius 3 is 2.73 bits per heavy atom. The number of fused-ring (bicyclic) bond motifs is 4. The van der Waals surface area contributed by atoms with E-state index in [-0.39, 0.29) is 11.4 Å². The fourth-order valence-corrected chi connectivity index (χ4v) is 6.97. The number of halogens is 1. The van der Waals surface area contributed by atoms with Crippen molar-refractivity contribution in [3.05, 3.63) is 87.7 Å². The van der Waals surface area contributed by atoms with Crippen LogP contribution in [0.5, 0.6) is 5.75 Å². The molecule has 0 atom stereocenters. The first kappa shape index (κ1) is 26.7. The summed E-state index contributed by atoms with van der Waals surface area (Å²) in [4.78, 5) is 26.9. The fraction of sp³-hybridized carbons (Fsp3) is 0.323. The van der Waals surface area contributed by atoms with E-state index in [9.17, 15) is 4.79 Å². The van der Waals surface area contributed by atoms with Gasteiger partial charge in [-0.3, -0.25) is 9.80 Å². The number of nitrogens with one attached hydrogen (secondary N) is 1. The van der Waals surface area contributed by atoms with Gasteiger partial charge in [-0.25, -0.2) is 14.8 Å². The summed E-state index contributed by atoms with van der Waals surface area (Å²) in [5.74, 6) is 0.865. The van der Waals surface area contributed by atoms with Crippen molar-refractivity contribution in [2.75, 3.05) is 38.2 Å². The van der Waals surface area contributed by atoms with Crippen LogP contribution in [0, 0.1) is 6.92 Å². The Morgan fingerprint density at radius 1 is 1.18 bits per heavy atom. The summed E-state index contributed by atoms with van der Waals surface area (Å²) in [5, 5.41) is 4.57. The zero-order chi connectivity index (χ0) is 27.7. The Labute approximate surface area is 243 Å². The lowest BCUT2D eigenvalue weighted by atomic mass is 9.74. The Hall–Kier alpha value is -3.46. The summed E-state index contributed by atoms with van der Waals surface area (Å²) in [5.41, 5.74) is 5.26. The third kappa shape index (κ3) is 5.31. The highest BCUT2D eigenvalue weighted by molar-refractivity contribution is 7.18. The summed E-state index contributed by atoms with van der Waals surface area (Å²) >= 11 is 7.76. The van der Waals surface area contributed by atoms with Crippen LogP contribution in [-0.2, 0) is 12.0 Å². The molecule has 0 radical (unpaired) electrons. The molecule has 2 aliphatic rings. The van der Waals surface area contributed by atoms with Crippen molar-refractivity contribution < 1.29 is 9.53 Å². The lowest BCUT2D eigenvalue weighted by Gasteiger charge is -2.39. The van der Waals surface area contributed by atoms with Crippen LogP contribution in [-0.4, -0.2) is 54.2 Å². The molecule has 1 fully saturated rings. The highest BCUT2D eigenvalue weighted by Crippen LogP contribution is 2.50. The van der Waals surface area contributed by atoms with E-state index in [0.717, 1.165) is 65.6 Å². The second kappa shape index (κ2) is 11.2. The van der Waals surface area contributed by atoms with Crippen LogP contribution >= 0.6 is 22.9 Å². The van der Waals surface area contributed by atoms with Crippen molar-refractivity contribution in [1.29, 1.82) is 0 Å². The molecule has 9 heteroatoms. The van der Waals surface area contributed by atoms with Gasteiger partial charge in [0.15, 0.2) is 0 Å². The number of methoxy groups -OCH3 is 1. The Morgan fingerprint density at radius 2 is 1.98 bits per heavy atom. The standard InChI is InChI=1S/C31H32ClN5O2S/c1-21-35-29-26(40-21)10-9-25-28(29)31(20-37(25)30(38)34-19-23-11-14-33-27(32)18-23)12-16-36(17-13-31)15-3-4-22-5-7-24(39-2)8-6-22/h3-11,14,18H,12-13,15-17,19-20H2,1-2H3,(H,34,38). The summed E-state index contributed by atoms with van der Waals surface area (Å²) < 4.78 is 6.45. The van der Waals surface area contributed by atoms with E-state index in [1.165, 1.54) is 10.3 Å². The molecule has 40 heavy (non-hydrogen) atoms. The first-order valence-corrected chi connectivity index (χ1v) is 14.7. The average Bonchev–Trinajstić information content (AvgIpc) is 3.50. The number of urea groups is 1. The smallest absolute Gasteiger partial charge is 0.322 e. The van der Waals surface area contributed by atoms with Gasteiger partial charge in [-0.2, -0.15) is 0 Å². The summed E-state index contributed by atoms with van der Waals surface area (Å²) in [7, 11) is 1.68. The van der Waals surface area contributed by atoms with Crippen molar-refractivity contribution in [3.8, 4) is 5.75 Å². The van der Waals surface area contributed by atoms with Gasteiger partial charge < -0.3 is 10.1 Å². The van der Waals surface area contributed by atoms with Crippen molar-refractivity contribution >= 4 is 50.9 Å². The molecule has 0 unspecified atom stereocenters. The molecule has 0 bridgehead atoms. The predicted octanol–water partition coefficient (Wildman–Crippen LogP) is 6.44. The zero-order valence-corrected chi connectivity index (χ0v) is 24.3. The Kier molecular flexibility index (Phi) is 7.49. The van der Waals surface area contributed by atoms with Gasteiger partial charge in [0, 0.05) is 36.8 Å². The van der Waals surface area contributed by atoms with Gasteiger partial charge in [-0.05, 0) is 80.4 Å². The van der Waals surface area contributed by atoms with E-state index >= 15 is 0 Å². The molecule has 2 amide bonds. The average molecular weight is 574 g/mol. The molecule has 4 aromatic rings. The molecule has 206 valence electrons. The Balaban J connectivity index is 1.19. The number of carbonyl (C=O) groups excluding carboxylic acids is 1. The van der Waals surface area contributed by atoms with Gasteiger partial charge in [0.05, 0.1) is 28.0 Å². The molecule has 7 nitrogen and oxygen atoms in total. The second-order valence-corrected chi connectivity index (χ2v) is 12.1. The topological polar surface area (TPSA) is 70.6 Å². The number of aryl methyl sites for hydroxylation is 1. The van der Waals surface area contributed by atoms with Crippen LogP contribution in [0.25, 0.3) is 16.3 Å². The minimum Gasteiger partial charge on any atom is -0.497 e. The Bertz CT molecular complexity index is 1560. The minimum atomic E-state index is -0.108. The summed E-state index contributed by atoms with van der Waals surface area (Å²) in [6.07, 6.45) is 8.02. The number of benzene rings is 2. The van der Waals surface area contributed by atoms with E-state index in [1.54, 1.807) is 30.7 Å². The molecule has 1 saturated heterocycles. The van der Waals surface area contributed by atoms with E-state index in [4.69, 9.17) is 21.3 Å². The maximum absolute atomic E-state index is 13.5. The van der Waals surface area contributed by atoms with Crippen LogP contribution in [0.15, 0.2) is 60.8 Å². The molecular weight excluding hydrogens is 542 g/mol. The van der Waals surface area contributed by atoms with E-state index in [0.29, 0.717) is 18.2 Å². The van der Waals surface area contributed by atoms with Crippen LogP contribution in [0.1, 0.15) is 34.5 Å². The van der Waals surface area contributed by atoms with Gasteiger partial charge >= 0.3 is 6.03 Å². The third-order valence-corrected chi connectivity index (χ3v) is 9.15. The number of ether oxygens (including phenoxy) is 1. The first-order valence-electron chi connectivity index (χ1n) is 13.5. The highest BCUT2D eigenvalue weighted by Gasteiger charge is 2.48. The fourth-order valence-electron chi connectivity index (χ4n) is 5.94. The molecular formula is C31H32ClN5O2S. The van der Waals surface area contributed by atoms with Crippen molar-refractivity contribution in [3.63, 3.8) is 0 Å². The molecule has 0 saturated carbocycles. The highest BCUT2D eigenvalue weighted by atomic mass is 35.5. The SMILES string of the molecule is COc1ccc(C=CCN2CCC3(CC2)CN(C(=O)NCc2ccnc(Cl)c2)c2ccc4sc(C)nc4c23)cc1. The van der Waals surface area contributed by atoms with E-state index in [1.807, 2.05) is 23.1 Å². The van der Waals surface area contributed by atoms with Gasteiger partial charge in [-0.15, -0.1) is 11.3 Å². The molecule has 1 N–H and O–H groups in total. The van der Waals surface area contributed by atoms with E-state index < -0.39 is 0 Å². The minimum absolute atomic E-state index is 0.0952. The summed E-state index contributed by atoms with van der Waals surface area (Å²) in [6, 6.07) is 15.9. The van der Waals surface area contributed by atoms with Crippen LogP contribution < -0.4 is 15.0 Å². The quantitative estimate of drug-likeness (QED) is 0.269. The van der Waals surface area contributed by atoms with Crippen molar-refractivity contribution in [2.45, 2.75) is 31.7 Å². The number of thiazole rings is 1. The van der Waals surface area contributed by atoms with E-state index in [2.05, 4.69) is 58.5 Å².